The quantitative estimate of drug-likeness (QED) is 0.325. The fraction of sp³-hybridized carbons (Fsp3) is 0.387. The first-order valence-electron chi connectivity index (χ1n) is 13.5. The number of aromatic nitrogens is 1. The predicted molar refractivity (Wildman–Crippen MR) is 148 cm³/mol. The van der Waals surface area contributed by atoms with Gasteiger partial charge in [-0.3, -0.25) is 14.6 Å². The summed E-state index contributed by atoms with van der Waals surface area (Å²) in [5, 5.41) is 9.89. The lowest BCUT2D eigenvalue weighted by atomic mass is 9.81. The number of aryl methyl sites for hydroxylation is 1. The third-order valence-electron chi connectivity index (χ3n) is 8.12. The van der Waals surface area contributed by atoms with Gasteiger partial charge in [0.1, 0.15) is 5.82 Å². The van der Waals surface area contributed by atoms with Gasteiger partial charge in [0.2, 0.25) is 11.8 Å². The van der Waals surface area contributed by atoms with Gasteiger partial charge in [-0.2, -0.15) is 26.3 Å². The van der Waals surface area contributed by atoms with E-state index in [9.17, 15) is 45.4 Å². The number of carbonyl (C=O) groups excluding carboxylic acids is 2. The molecule has 44 heavy (non-hydrogen) atoms. The molecule has 0 aliphatic carbocycles. The van der Waals surface area contributed by atoms with E-state index in [-0.39, 0.29) is 24.2 Å². The van der Waals surface area contributed by atoms with Crippen molar-refractivity contribution >= 4 is 17.5 Å². The van der Waals surface area contributed by atoms with Gasteiger partial charge in [-0.25, -0.2) is 4.39 Å². The fourth-order valence-electron chi connectivity index (χ4n) is 5.52. The van der Waals surface area contributed by atoms with Gasteiger partial charge in [-0.1, -0.05) is 6.07 Å². The molecule has 0 radical (unpaired) electrons. The lowest BCUT2D eigenvalue weighted by Crippen LogP contribution is -2.42. The fourth-order valence-corrected chi connectivity index (χ4v) is 5.52. The van der Waals surface area contributed by atoms with Crippen LogP contribution in [0.3, 0.4) is 0 Å². The number of benzene rings is 2. The number of nitrogens with zero attached hydrogens (tertiary/aromatic N) is 3. The first kappa shape index (κ1) is 32.9. The minimum Gasteiger partial charge on any atom is -0.396 e. The van der Waals surface area contributed by atoms with Crippen LogP contribution >= 0.6 is 0 Å². The Hall–Kier alpha value is -4.00. The number of carbonyl (C=O) groups is 2. The standard InChI is InChI=1S/C31H30F7N3O3/c1-16-8-20(32)6-7-21(16)22-12-25(23-14-40(4)27(43)24(23)15-42)39-13-26(22)41(5)28(44)29(2,3)17-9-18(30(33,34)35)11-19(10-17)31(36,37)38/h6-13,23-24,42H,14-15H2,1-5H3/t23-,24-/m0/s1. The van der Waals surface area contributed by atoms with Gasteiger partial charge in [-0.05, 0) is 73.9 Å². The number of amides is 2. The van der Waals surface area contributed by atoms with Crippen molar-refractivity contribution in [3.63, 3.8) is 0 Å². The Labute approximate surface area is 249 Å². The van der Waals surface area contributed by atoms with Crippen molar-refractivity contribution in [1.29, 1.82) is 0 Å². The van der Waals surface area contributed by atoms with E-state index >= 15 is 0 Å². The number of aliphatic hydroxyl groups excluding tert-OH is 1. The molecule has 1 aromatic heterocycles. The van der Waals surface area contributed by atoms with E-state index < -0.39 is 64.6 Å². The molecule has 6 nitrogen and oxygen atoms in total. The van der Waals surface area contributed by atoms with Gasteiger partial charge in [-0.15, -0.1) is 0 Å². The highest BCUT2D eigenvalue weighted by Gasteiger charge is 2.42. The molecule has 3 aromatic rings. The van der Waals surface area contributed by atoms with Crippen LogP contribution in [0.15, 0.2) is 48.7 Å². The summed E-state index contributed by atoms with van der Waals surface area (Å²) in [5.74, 6) is -2.95. The summed E-state index contributed by atoms with van der Waals surface area (Å²) < 4.78 is 95.5. The average molecular weight is 626 g/mol. The largest absolute Gasteiger partial charge is 0.416 e. The van der Waals surface area contributed by atoms with Crippen LogP contribution in [0, 0.1) is 18.7 Å². The highest BCUT2D eigenvalue weighted by molar-refractivity contribution is 6.03. The summed E-state index contributed by atoms with van der Waals surface area (Å²) >= 11 is 0. The molecule has 2 atom stereocenters. The second-order valence-corrected chi connectivity index (χ2v) is 11.5. The van der Waals surface area contributed by atoms with Crippen LogP contribution in [0.1, 0.15) is 47.7 Å². The van der Waals surface area contributed by atoms with E-state index in [2.05, 4.69) is 4.98 Å². The molecule has 2 heterocycles. The van der Waals surface area contributed by atoms with Crippen molar-refractivity contribution in [2.75, 3.05) is 32.1 Å². The maximum atomic E-state index is 14.0. The first-order chi connectivity index (χ1) is 20.3. The Morgan fingerprint density at radius 2 is 1.55 bits per heavy atom. The number of anilines is 1. The summed E-state index contributed by atoms with van der Waals surface area (Å²) in [6, 6.07) is 6.56. The van der Waals surface area contributed by atoms with Gasteiger partial charge in [0.05, 0.1) is 41.0 Å². The molecule has 1 saturated heterocycles. The van der Waals surface area contributed by atoms with E-state index in [1.54, 1.807) is 20.0 Å². The second-order valence-electron chi connectivity index (χ2n) is 11.5. The Morgan fingerprint density at radius 1 is 0.977 bits per heavy atom. The monoisotopic (exact) mass is 625 g/mol. The molecule has 0 unspecified atom stereocenters. The van der Waals surface area contributed by atoms with Gasteiger partial charge < -0.3 is 14.9 Å². The third-order valence-corrected chi connectivity index (χ3v) is 8.12. The predicted octanol–water partition coefficient (Wildman–Crippen LogP) is 6.34. The molecule has 1 aliphatic rings. The van der Waals surface area contributed by atoms with Crippen LogP contribution in [-0.2, 0) is 27.4 Å². The molecule has 0 bridgehead atoms. The van der Waals surface area contributed by atoms with Crippen molar-refractivity contribution in [2.45, 2.75) is 44.5 Å². The average Bonchev–Trinajstić information content (AvgIpc) is 3.23. The molecule has 4 rings (SSSR count). The van der Waals surface area contributed by atoms with E-state index in [0.717, 1.165) is 4.90 Å². The van der Waals surface area contributed by atoms with Crippen molar-refractivity contribution in [2.24, 2.45) is 5.92 Å². The molecule has 1 N–H and O–H groups in total. The normalized spacial score (nSPS) is 17.8. The van der Waals surface area contributed by atoms with Gasteiger partial charge in [0.15, 0.2) is 0 Å². The molecule has 2 aromatic carbocycles. The number of hydrogen-bond acceptors (Lipinski definition) is 4. The highest BCUT2D eigenvalue weighted by atomic mass is 19.4. The van der Waals surface area contributed by atoms with Crippen LogP contribution in [0.5, 0.6) is 0 Å². The number of hydrogen-bond donors (Lipinski definition) is 1. The zero-order chi connectivity index (χ0) is 32.9. The van der Waals surface area contributed by atoms with Gasteiger partial charge >= 0.3 is 12.4 Å². The number of rotatable bonds is 6. The van der Waals surface area contributed by atoms with Crippen LogP contribution < -0.4 is 4.90 Å². The number of pyridine rings is 1. The number of likely N-dealkylation sites (N-methyl/N-ethyl adjacent to an activating group) is 2. The molecular formula is C31H30F7N3O3. The smallest absolute Gasteiger partial charge is 0.396 e. The minimum absolute atomic E-state index is 0.00330. The SMILES string of the molecule is Cc1cc(F)ccc1-c1cc([C@H]2CN(C)C(=O)[C@H]2CO)ncc1N(C)C(=O)C(C)(C)c1cc(C(F)(F)F)cc(C(F)(F)F)c1. The zero-order valence-electron chi connectivity index (χ0n) is 24.4. The summed E-state index contributed by atoms with van der Waals surface area (Å²) in [6.45, 7) is 3.87. The van der Waals surface area contributed by atoms with Crippen LogP contribution in [-0.4, -0.2) is 54.1 Å². The van der Waals surface area contributed by atoms with E-state index in [1.165, 1.54) is 50.2 Å². The van der Waals surface area contributed by atoms with Crippen LogP contribution in [0.2, 0.25) is 0 Å². The molecule has 0 saturated carbocycles. The van der Waals surface area contributed by atoms with Gasteiger partial charge in [0, 0.05) is 37.8 Å². The Kier molecular flexibility index (Phi) is 8.59. The maximum Gasteiger partial charge on any atom is 0.416 e. The number of aliphatic hydroxyl groups is 1. The first-order valence-corrected chi connectivity index (χ1v) is 13.5. The Bertz CT molecular complexity index is 1570. The van der Waals surface area contributed by atoms with E-state index in [1.807, 2.05) is 0 Å². The zero-order valence-corrected chi connectivity index (χ0v) is 24.4. The Balaban J connectivity index is 1.85. The van der Waals surface area contributed by atoms with Crippen molar-refractivity contribution in [1.82, 2.24) is 9.88 Å². The lowest BCUT2D eigenvalue weighted by Gasteiger charge is -2.32. The third kappa shape index (κ3) is 6.15. The Morgan fingerprint density at radius 3 is 2.07 bits per heavy atom. The minimum atomic E-state index is -5.10. The molecule has 0 spiro atoms. The van der Waals surface area contributed by atoms with Crippen molar-refractivity contribution < 1.29 is 45.4 Å². The molecule has 2 amide bonds. The van der Waals surface area contributed by atoms with Gasteiger partial charge in [0.25, 0.3) is 0 Å². The molecule has 13 heteroatoms. The van der Waals surface area contributed by atoms with Crippen molar-refractivity contribution in [3.8, 4) is 11.1 Å². The van der Waals surface area contributed by atoms with Crippen molar-refractivity contribution in [3.05, 3.63) is 82.4 Å². The number of halogens is 7. The molecule has 236 valence electrons. The van der Waals surface area contributed by atoms with E-state index in [4.69, 9.17) is 0 Å². The summed E-state index contributed by atoms with van der Waals surface area (Å²) in [4.78, 5) is 33.5. The lowest BCUT2D eigenvalue weighted by molar-refractivity contribution is -0.143. The summed E-state index contributed by atoms with van der Waals surface area (Å²) in [6.07, 6.45) is -8.89. The maximum absolute atomic E-state index is 14.0. The number of likely N-dealkylation sites (tertiary alicyclic amines) is 1. The highest BCUT2D eigenvalue weighted by Crippen LogP contribution is 2.42. The molecule has 1 fully saturated rings. The summed E-state index contributed by atoms with van der Waals surface area (Å²) in [5.41, 5.74) is -3.64. The van der Waals surface area contributed by atoms with E-state index in [0.29, 0.717) is 34.5 Å². The summed E-state index contributed by atoms with van der Waals surface area (Å²) in [7, 11) is 2.89. The topological polar surface area (TPSA) is 73.7 Å². The number of alkyl halides is 6. The second kappa shape index (κ2) is 11.5. The molecular weight excluding hydrogens is 595 g/mol. The molecule has 1 aliphatic heterocycles. The van der Waals surface area contributed by atoms with Crippen LogP contribution in [0.25, 0.3) is 11.1 Å². The van der Waals surface area contributed by atoms with Crippen LogP contribution in [0.4, 0.5) is 36.4 Å².